The van der Waals surface area contributed by atoms with Crippen molar-refractivity contribution in [3.63, 3.8) is 0 Å². The van der Waals surface area contributed by atoms with Gasteiger partial charge in [-0.15, -0.1) is 11.3 Å². The predicted octanol–water partition coefficient (Wildman–Crippen LogP) is 2.21. The number of nitrogens with zero attached hydrogens (tertiary/aromatic N) is 3. The summed E-state index contributed by atoms with van der Waals surface area (Å²) in [5.41, 5.74) is 0.859. The van der Waals surface area contributed by atoms with Crippen molar-refractivity contribution < 1.29 is 14.7 Å². The van der Waals surface area contributed by atoms with Crippen molar-refractivity contribution >= 4 is 29.0 Å². The number of anilines is 1. The van der Waals surface area contributed by atoms with Crippen LogP contribution in [0.4, 0.5) is 5.82 Å². The zero-order chi connectivity index (χ0) is 14.8. The molecule has 0 aliphatic carbocycles. The monoisotopic (exact) mass is 305 g/mol. The highest BCUT2D eigenvalue weighted by molar-refractivity contribution is 7.13. The molecule has 0 bridgehead atoms. The third-order valence-corrected chi connectivity index (χ3v) is 4.31. The molecule has 3 heterocycles. The maximum Gasteiger partial charge on any atom is 0.303 e. The molecule has 0 spiro atoms. The van der Waals surface area contributed by atoms with Crippen LogP contribution in [0.1, 0.15) is 19.3 Å². The van der Waals surface area contributed by atoms with Gasteiger partial charge >= 0.3 is 5.97 Å². The van der Waals surface area contributed by atoms with Crippen LogP contribution in [0.15, 0.2) is 23.6 Å². The van der Waals surface area contributed by atoms with Crippen LogP contribution in [-0.4, -0.2) is 33.3 Å². The van der Waals surface area contributed by atoms with Gasteiger partial charge in [-0.1, -0.05) is 6.07 Å². The SMILES string of the molecule is O=C(O)CCC(=O)N1CCCn2nc(-c3cccs3)cc21. The van der Waals surface area contributed by atoms with Gasteiger partial charge in [0.2, 0.25) is 5.91 Å². The first kappa shape index (κ1) is 13.8. The third kappa shape index (κ3) is 2.82. The topological polar surface area (TPSA) is 75.4 Å². The average Bonchev–Trinajstić information content (AvgIpc) is 3.12. The second-order valence-corrected chi connectivity index (χ2v) is 5.83. The predicted molar refractivity (Wildman–Crippen MR) is 79.4 cm³/mol. The van der Waals surface area contributed by atoms with E-state index in [1.165, 1.54) is 0 Å². The molecule has 0 saturated carbocycles. The van der Waals surface area contributed by atoms with Gasteiger partial charge in [0.15, 0.2) is 0 Å². The number of carboxylic acids is 1. The fourth-order valence-electron chi connectivity index (χ4n) is 2.43. The van der Waals surface area contributed by atoms with Crippen molar-refractivity contribution in [2.24, 2.45) is 0 Å². The standard InChI is InChI=1S/C14H15N3O3S/c18-13(4-5-14(19)20)16-6-2-7-17-12(16)9-10(15-17)11-3-1-8-21-11/h1,3,8-9H,2,4-7H2,(H,19,20). The number of aliphatic carboxylic acids is 1. The summed E-state index contributed by atoms with van der Waals surface area (Å²) in [6.45, 7) is 1.40. The fraction of sp³-hybridized carbons (Fsp3) is 0.357. The van der Waals surface area contributed by atoms with Crippen LogP contribution in [0, 0.1) is 0 Å². The summed E-state index contributed by atoms with van der Waals surface area (Å²) in [5, 5.41) is 15.2. The normalized spacial score (nSPS) is 14.0. The highest BCUT2D eigenvalue weighted by Crippen LogP contribution is 2.30. The van der Waals surface area contributed by atoms with Gasteiger partial charge in [-0.25, -0.2) is 4.68 Å². The first-order chi connectivity index (χ1) is 10.1. The van der Waals surface area contributed by atoms with E-state index < -0.39 is 5.97 Å². The van der Waals surface area contributed by atoms with Gasteiger partial charge in [-0.2, -0.15) is 5.10 Å². The molecule has 3 rings (SSSR count). The van der Waals surface area contributed by atoms with Gasteiger partial charge in [0.25, 0.3) is 0 Å². The number of carboxylic acid groups (broad SMARTS) is 1. The van der Waals surface area contributed by atoms with E-state index in [9.17, 15) is 9.59 Å². The molecule has 0 radical (unpaired) electrons. The number of hydrogen-bond acceptors (Lipinski definition) is 4. The Morgan fingerprint density at radius 3 is 2.90 bits per heavy atom. The van der Waals surface area contributed by atoms with Crippen molar-refractivity contribution in [3.8, 4) is 10.6 Å². The number of amides is 1. The van der Waals surface area contributed by atoms with E-state index in [0.717, 1.165) is 29.4 Å². The number of thiophene rings is 1. The van der Waals surface area contributed by atoms with E-state index in [1.807, 2.05) is 28.3 Å². The molecule has 2 aromatic rings. The molecule has 1 amide bonds. The Morgan fingerprint density at radius 1 is 1.33 bits per heavy atom. The number of carbonyl (C=O) groups is 2. The molecule has 6 nitrogen and oxygen atoms in total. The number of fused-ring (bicyclic) bond motifs is 1. The Bertz CT molecular complexity index is 663. The van der Waals surface area contributed by atoms with Gasteiger partial charge in [-0.05, 0) is 17.9 Å². The first-order valence-electron chi connectivity index (χ1n) is 6.79. The van der Waals surface area contributed by atoms with Gasteiger partial charge in [0.1, 0.15) is 11.5 Å². The summed E-state index contributed by atoms with van der Waals surface area (Å²) in [5.74, 6) is -0.343. The molecule has 1 N–H and O–H groups in total. The molecular formula is C14H15N3O3S. The molecular weight excluding hydrogens is 290 g/mol. The van der Waals surface area contributed by atoms with Gasteiger partial charge in [0.05, 0.1) is 11.3 Å². The van der Waals surface area contributed by atoms with Crippen LogP contribution in [0.2, 0.25) is 0 Å². The highest BCUT2D eigenvalue weighted by atomic mass is 32.1. The molecule has 7 heteroatoms. The summed E-state index contributed by atoms with van der Waals surface area (Å²) in [4.78, 5) is 25.5. The van der Waals surface area contributed by atoms with E-state index in [2.05, 4.69) is 5.10 Å². The van der Waals surface area contributed by atoms with Crippen molar-refractivity contribution in [2.75, 3.05) is 11.4 Å². The minimum absolute atomic E-state index is 0.0227. The first-order valence-corrected chi connectivity index (χ1v) is 7.67. The minimum Gasteiger partial charge on any atom is -0.481 e. The summed E-state index contributed by atoms with van der Waals surface area (Å²) in [7, 11) is 0. The van der Waals surface area contributed by atoms with Crippen molar-refractivity contribution in [2.45, 2.75) is 25.8 Å². The van der Waals surface area contributed by atoms with Crippen molar-refractivity contribution in [3.05, 3.63) is 23.6 Å². The van der Waals surface area contributed by atoms with E-state index in [-0.39, 0.29) is 18.7 Å². The van der Waals surface area contributed by atoms with Crippen LogP contribution < -0.4 is 4.90 Å². The molecule has 0 saturated heterocycles. The maximum atomic E-state index is 12.2. The molecule has 0 atom stereocenters. The lowest BCUT2D eigenvalue weighted by atomic mass is 10.2. The molecule has 21 heavy (non-hydrogen) atoms. The maximum absolute atomic E-state index is 12.2. The van der Waals surface area contributed by atoms with E-state index >= 15 is 0 Å². The van der Waals surface area contributed by atoms with E-state index in [1.54, 1.807) is 16.2 Å². The molecule has 110 valence electrons. The van der Waals surface area contributed by atoms with Crippen LogP contribution >= 0.6 is 11.3 Å². The minimum atomic E-state index is -0.951. The molecule has 0 aromatic carbocycles. The quantitative estimate of drug-likeness (QED) is 0.939. The number of carbonyl (C=O) groups excluding carboxylic acids is 1. The van der Waals surface area contributed by atoms with Gasteiger partial charge in [0, 0.05) is 25.6 Å². The van der Waals surface area contributed by atoms with Crippen LogP contribution in [0.25, 0.3) is 10.6 Å². The Morgan fingerprint density at radius 2 is 2.19 bits per heavy atom. The Hall–Kier alpha value is -2.15. The fourth-order valence-corrected chi connectivity index (χ4v) is 3.11. The Balaban J connectivity index is 1.84. The number of rotatable bonds is 4. The lowest BCUT2D eigenvalue weighted by Crippen LogP contribution is -2.37. The lowest BCUT2D eigenvalue weighted by molar-refractivity contribution is -0.138. The molecule has 0 fully saturated rings. The summed E-state index contributed by atoms with van der Waals surface area (Å²) in [6, 6.07) is 5.87. The van der Waals surface area contributed by atoms with Crippen LogP contribution in [0.3, 0.4) is 0 Å². The molecule has 0 unspecified atom stereocenters. The van der Waals surface area contributed by atoms with E-state index in [0.29, 0.717) is 6.54 Å². The number of aryl methyl sites for hydroxylation is 1. The van der Waals surface area contributed by atoms with E-state index in [4.69, 9.17) is 5.11 Å². The smallest absolute Gasteiger partial charge is 0.303 e. The van der Waals surface area contributed by atoms with Crippen molar-refractivity contribution in [1.29, 1.82) is 0 Å². The zero-order valence-electron chi connectivity index (χ0n) is 11.4. The number of hydrogen-bond donors (Lipinski definition) is 1. The van der Waals surface area contributed by atoms with Gasteiger partial charge < -0.3 is 5.11 Å². The summed E-state index contributed by atoms with van der Waals surface area (Å²) in [6.07, 6.45) is 0.716. The third-order valence-electron chi connectivity index (χ3n) is 3.41. The molecule has 1 aliphatic heterocycles. The summed E-state index contributed by atoms with van der Waals surface area (Å²) < 4.78 is 1.83. The Labute approximate surface area is 125 Å². The number of aromatic nitrogens is 2. The molecule has 2 aromatic heterocycles. The van der Waals surface area contributed by atoms with Crippen LogP contribution in [0.5, 0.6) is 0 Å². The second-order valence-electron chi connectivity index (χ2n) is 4.88. The summed E-state index contributed by atoms with van der Waals surface area (Å²) >= 11 is 1.61. The van der Waals surface area contributed by atoms with Gasteiger partial charge in [-0.3, -0.25) is 14.5 Å². The second kappa shape index (κ2) is 5.69. The van der Waals surface area contributed by atoms with Crippen LogP contribution in [-0.2, 0) is 16.1 Å². The lowest BCUT2D eigenvalue weighted by Gasteiger charge is -2.27. The highest BCUT2D eigenvalue weighted by Gasteiger charge is 2.25. The zero-order valence-corrected chi connectivity index (χ0v) is 12.2. The largest absolute Gasteiger partial charge is 0.481 e. The van der Waals surface area contributed by atoms with Crippen molar-refractivity contribution in [1.82, 2.24) is 9.78 Å². The molecule has 1 aliphatic rings. The average molecular weight is 305 g/mol. The Kier molecular flexibility index (Phi) is 3.74.